The first-order valence-corrected chi connectivity index (χ1v) is 10.8. The van der Waals surface area contributed by atoms with Crippen LogP contribution in [-0.2, 0) is 17.9 Å². The summed E-state index contributed by atoms with van der Waals surface area (Å²) in [6.45, 7) is 3.20. The molecule has 0 aliphatic heterocycles. The van der Waals surface area contributed by atoms with Gasteiger partial charge in [0.05, 0.1) is 5.52 Å². The average molecular weight is 424 g/mol. The molecule has 0 fully saturated rings. The van der Waals surface area contributed by atoms with Crippen molar-refractivity contribution in [1.29, 1.82) is 0 Å². The first kappa shape index (κ1) is 22.4. The summed E-state index contributed by atoms with van der Waals surface area (Å²) >= 11 is 0. The second-order valence-corrected chi connectivity index (χ2v) is 7.57. The molecule has 0 saturated carbocycles. The van der Waals surface area contributed by atoms with E-state index in [-0.39, 0.29) is 18.0 Å². The van der Waals surface area contributed by atoms with Crippen LogP contribution in [0, 0.1) is 0 Å². The molecule has 0 aliphatic carbocycles. The van der Waals surface area contributed by atoms with Crippen molar-refractivity contribution in [3.8, 4) is 17.2 Å². The Morgan fingerprint density at radius 1 is 1.00 bits per heavy atom. The molecule has 2 aromatic carbocycles. The number of hydrogen-bond donors (Lipinski definition) is 1. The standard InChI is InChI=1S/C25H29NO5/c1-2-3-4-5-6-10-15-26-22-16-20(30-17-19-11-8-7-9-12-19)13-14-21(22)23(28)24(25(26)29)31-18-27/h7-9,11-14,16,18,28H,2-6,10,15,17H2,1H3. The van der Waals surface area contributed by atoms with Gasteiger partial charge >= 0.3 is 0 Å². The summed E-state index contributed by atoms with van der Waals surface area (Å²) in [5.74, 6) is -0.0803. The average Bonchev–Trinajstić information content (AvgIpc) is 2.80. The molecule has 0 radical (unpaired) electrons. The molecule has 6 heteroatoms. The van der Waals surface area contributed by atoms with Crippen LogP contribution in [0.4, 0.5) is 0 Å². The number of carbonyl (C=O) groups is 1. The zero-order valence-corrected chi connectivity index (χ0v) is 17.9. The molecule has 3 aromatic rings. The quantitative estimate of drug-likeness (QED) is 0.321. The third-order valence-corrected chi connectivity index (χ3v) is 5.32. The lowest BCUT2D eigenvalue weighted by Gasteiger charge is -2.15. The summed E-state index contributed by atoms with van der Waals surface area (Å²) in [6.07, 6.45) is 6.50. The van der Waals surface area contributed by atoms with Crippen LogP contribution in [0.3, 0.4) is 0 Å². The van der Waals surface area contributed by atoms with E-state index in [0.29, 0.717) is 29.8 Å². The number of aryl methyl sites for hydroxylation is 1. The predicted octanol–water partition coefficient (Wildman–Crippen LogP) is 5.18. The minimum atomic E-state index is -0.522. The minimum absolute atomic E-state index is 0.161. The molecule has 0 spiro atoms. The highest BCUT2D eigenvalue weighted by molar-refractivity contribution is 5.89. The Bertz CT molecular complexity index is 1060. The molecule has 6 nitrogen and oxygen atoms in total. The second kappa shape index (κ2) is 11.2. The SMILES string of the molecule is CCCCCCCCn1c(=O)c(OC=O)c(O)c2ccc(OCc3ccccc3)cc21. The van der Waals surface area contributed by atoms with E-state index in [1.165, 1.54) is 19.3 Å². The van der Waals surface area contributed by atoms with Crippen LogP contribution in [0.1, 0.15) is 51.0 Å². The highest BCUT2D eigenvalue weighted by atomic mass is 16.5. The van der Waals surface area contributed by atoms with E-state index in [1.54, 1.807) is 22.8 Å². The van der Waals surface area contributed by atoms with E-state index in [1.807, 2.05) is 30.3 Å². The summed E-state index contributed by atoms with van der Waals surface area (Å²) in [5.41, 5.74) is 1.07. The van der Waals surface area contributed by atoms with Crippen LogP contribution in [0.5, 0.6) is 17.2 Å². The van der Waals surface area contributed by atoms with Crippen molar-refractivity contribution in [2.45, 2.75) is 58.6 Å². The van der Waals surface area contributed by atoms with Gasteiger partial charge in [-0.05, 0) is 24.1 Å². The van der Waals surface area contributed by atoms with Crippen LogP contribution < -0.4 is 15.0 Å². The third-order valence-electron chi connectivity index (χ3n) is 5.32. The molecule has 0 amide bonds. The van der Waals surface area contributed by atoms with Gasteiger partial charge < -0.3 is 19.1 Å². The van der Waals surface area contributed by atoms with Gasteiger partial charge in [-0.15, -0.1) is 0 Å². The highest BCUT2D eigenvalue weighted by Gasteiger charge is 2.18. The Balaban J connectivity index is 1.88. The van der Waals surface area contributed by atoms with Crippen LogP contribution in [0.15, 0.2) is 53.3 Å². The van der Waals surface area contributed by atoms with Crippen LogP contribution in [0.25, 0.3) is 10.9 Å². The van der Waals surface area contributed by atoms with Crippen molar-refractivity contribution in [3.05, 3.63) is 64.4 Å². The van der Waals surface area contributed by atoms with Gasteiger partial charge in [0.1, 0.15) is 12.4 Å². The largest absolute Gasteiger partial charge is 0.504 e. The number of ether oxygens (including phenoxy) is 2. The van der Waals surface area contributed by atoms with Crippen molar-refractivity contribution < 1.29 is 19.4 Å². The normalized spacial score (nSPS) is 10.9. The number of carbonyl (C=O) groups excluding carboxylic acids is 1. The van der Waals surface area contributed by atoms with Gasteiger partial charge in [-0.3, -0.25) is 9.59 Å². The summed E-state index contributed by atoms with van der Waals surface area (Å²) in [6, 6.07) is 15.0. The van der Waals surface area contributed by atoms with E-state index in [0.717, 1.165) is 24.8 Å². The zero-order valence-electron chi connectivity index (χ0n) is 17.9. The molecule has 0 aliphatic rings. The van der Waals surface area contributed by atoms with Crippen molar-refractivity contribution in [1.82, 2.24) is 4.57 Å². The summed E-state index contributed by atoms with van der Waals surface area (Å²) in [5, 5.41) is 11.0. The van der Waals surface area contributed by atoms with Crippen molar-refractivity contribution in [2.24, 2.45) is 0 Å². The van der Waals surface area contributed by atoms with Gasteiger partial charge in [0.2, 0.25) is 5.75 Å². The fourth-order valence-electron chi connectivity index (χ4n) is 3.65. The maximum absolute atomic E-state index is 12.9. The van der Waals surface area contributed by atoms with Crippen LogP contribution in [-0.4, -0.2) is 16.1 Å². The molecule has 3 rings (SSSR count). The van der Waals surface area contributed by atoms with E-state index in [4.69, 9.17) is 9.47 Å². The first-order valence-electron chi connectivity index (χ1n) is 10.8. The van der Waals surface area contributed by atoms with Gasteiger partial charge in [0.25, 0.3) is 12.0 Å². The number of benzene rings is 2. The Morgan fingerprint density at radius 2 is 1.74 bits per heavy atom. The molecule has 0 bridgehead atoms. The second-order valence-electron chi connectivity index (χ2n) is 7.57. The third kappa shape index (κ3) is 5.66. The van der Waals surface area contributed by atoms with E-state index >= 15 is 0 Å². The zero-order chi connectivity index (χ0) is 22.1. The van der Waals surface area contributed by atoms with Crippen LogP contribution >= 0.6 is 0 Å². The van der Waals surface area contributed by atoms with E-state index in [9.17, 15) is 14.7 Å². The molecule has 164 valence electrons. The minimum Gasteiger partial charge on any atom is -0.504 e. The van der Waals surface area contributed by atoms with Crippen molar-refractivity contribution in [2.75, 3.05) is 0 Å². The van der Waals surface area contributed by atoms with Gasteiger partial charge in [0, 0.05) is 18.0 Å². The maximum Gasteiger partial charge on any atom is 0.298 e. The fraction of sp³-hybridized carbons (Fsp3) is 0.360. The number of unbranched alkanes of at least 4 members (excludes halogenated alkanes) is 5. The van der Waals surface area contributed by atoms with Gasteiger partial charge in [0.15, 0.2) is 5.75 Å². The monoisotopic (exact) mass is 423 g/mol. The summed E-state index contributed by atoms with van der Waals surface area (Å²) in [4.78, 5) is 23.8. The summed E-state index contributed by atoms with van der Waals surface area (Å²) < 4.78 is 12.3. The lowest BCUT2D eigenvalue weighted by atomic mass is 10.1. The molecule has 1 heterocycles. The molecule has 0 unspecified atom stereocenters. The van der Waals surface area contributed by atoms with Crippen LogP contribution in [0.2, 0.25) is 0 Å². The summed E-state index contributed by atoms with van der Waals surface area (Å²) in [7, 11) is 0. The lowest BCUT2D eigenvalue weighted by molar-refractivity contribution is -0.120. The Kier molecular flexibility index (Phi) is 8.10. The van der Waals surface area contributed by atoms with Crippen molar-refractivity contribution in [3.63, 3.8) is 0 Å². The molecule has 0 saturated heterocycles. The number of hydrogen-bond acceptors (Lipinski definition) is 5. The topological polar surface area (TPSA) is 77.8 Å². The number of aromatic hydroxyl groups is 1. The molecular weight excluding hydrogens is 394 g/mol. The van der Waals surface area contributed by atoms with E-state index in [2.05, 4.69) is 6.92 Å². The fourth-order valence-corrected chi connectivity index (χ4v) is 3.65. The number of aromatic nitrogens is 1. The lowest BCUT2D eigenvalue weighted by Crippen LogP contribution is -2.22. The Morgan fingerprint density at radius 3 is 2.48 bits per heavy atom. The van der Waals surface area contributed by atoms with Gasteiger partial charge in [-0.25, -0.2) is 0 Å². The van der Waals surface area contributed by atoms with E-state index < -0.39 is 5.56 Å². The van der Waals surface area contributed by atoms with Gasteiger partial charge in [-0.2, -0.15) is 0 Å². The number of rotatable bonds is 12. The molecule has 1 aromatic heterocycles. The highest BCUT2D eigenvalue weighted by Crippen LogP contribution is 2.33. The molecular formula is C25H29NO5. The Labute approximate surface area is 182 Å². The Hall–Kier alpha value is -3.28. The smallest absolute Gasteiger partial charge is 0.298 e. The van der Waals surface area contributed by atoms with Crippen molar-refractivity contribution >= 4 is 17.4 Å². The molecule has 1 N–H and O–H groups in total. The number of pyridine rings is 1. The predicted molar refractivity (Wildman–Crippen MR) is 121 cm³/mol. The number of fused-ring (bicyclic) bond motifs is 1. The first-order chi connectivity index (χ1) is 15.2. The maximum atomic E-state index is 12.9. The van der Waals surface area contributed by atoms with Gasteiger partial charge in [-0.1, -0.05) is 69.4 Å². The number of nitrogens with zero attached hydrogens (tertiary/aromatic N) is 1. The molecule has 31 heavy (non-hydrogen) atoms. The molecule has 0 atom stereocenters.